The lowest BCUT2D eigenvalue weighted by atomic mass is 9.96. The number of likely N-dealkylation sites (tertiary alicyclic amines) is 1. The Morgan fingerprint density at radius 1 is 1.70 bits per heavy atom. The Kier molecular flexibility index (Phi) is 2.72. The molecule has 2 nitrogen and oxygen atoms in total. The molecule has 0 aromatic heterocycles. The lowest BCUT2D eigenvalue weighted by molar-refractivity contribution is 0.264. The van der Waals surface area contributed by atoms with E-state index in [4.69, 9.17) is 5.41 Å². The van der Waals surface area contributed by atoms with Gasteiger partial charge in [0.2, 0.25) is 0 Å². The highest BCUT2D eigenvalue weighted by Crippen LogP contribution is 2.17. The minimum Gasteiger partial charge on any atom is -0.363 e. The first kappa shape index (κ1) is 7.58. The van der Waals surface area contributed by atoms with E-state index < -0.39 is 0 Å². The number of hydrogen-bond donors (Lipinski definition) is 1. The van der Waals surface area contributed by atoms with Crippen molar-refractivity contribution in [1.29, 1.82) is 5.41 Å². The molecule has 0 aromatic rings. The van der Waals surface area contributed by atoms with Crippen molar-refractivity contribution in [2.75, 3.05) is 13.1 Å². The quantitative estimate of drug-likeness (QED) is 0.456. The van der Waals surface area contributed by atoms with Crippen LogP contribution < -0.4 is 0 Å². The second kappa shape index (κ2) is 3.59. The molecule has 0 amide bonds. The summed E-state index contributed by atoms with van der Waals surface area (Å²) in [5.41, 5.74) is 0. The van der Waals surface area contributed by atoms with Gasteiger partial charge in [-0.15, -0.1) is 0 Å². The molecular formula is C8H15N2. The smallest absolute Gasteiger partial charge is 0.0817 e. The second-order valence-corrected chi connectivity index (χ2v) is 2.92. The van der Waals surface area contributed by atoms with Gasteiger partial charge >= 0.3 is 0 Å². The summed E-state index contributed by atoms with van der Waals surface area (Å²) in [5, 5.41) is 7.04. The molecule has 1 saturated heterocycles. The Labute approximate surface area is 62.7 Å². The third kappa shape index (κ3) is 1.72. The van der Waals surface area contributed by atoms with Gasteiger partial charge in [-0.05, 0) is 25.2 Å². The zero-order chi connectivity index (χ0) is 7.40. The summed E-state index contributed by atoms with van der Waals surface area (Å²) >= 11 is 0. The predicted octanol–water partition coefficient (Wildman–Crippen LogP) is 1.53. The first-order chi connectivity index (χ1) is 4.86. The van der Waals surface area contributed by atoms with E-state index in [1.807, 2.05) is 0 Å². The molecule has 1 N–H and O–H groups in total. The van der Waals surface area contributed by atoms with Gasteiger partial charge in [0.15, 0.2) is 0 Å². The Morgan fingerprint density at radius 2 is 2.50 bits per heavy atom. The van der Waals surface area contributed by atoms with Crippen molar-refractivity contribution in [3.8, 4) is 0 Å². The molecule has 1 fully saturated rings. The molecule has 1 aliphatic rings. The van der Waals surface area contributed by atoms with Gasteiger partial charge in [0.25, 0.3) is 0 Å². The van der Waals surface area contributed by atoms with Crippen LogP contribution in [0, 0.1) is 18.3 Å². The van der Waals surface area contributed by atoms with E-state index in [0.717, 1.165) is 25.4 Å². The molecule has 2 heteroatoms. The molecule has 0 aromatic carbocycles. The lowest BCUT2D eigenvalue weighted by Gasteiger charge is -2.30. The summed E-state index contributed by atoms with van der Waals surface area (Å²) in [7, 11) is 0. The van der Waals surface area contributed by atoms with Gasteiger partial charge in [-0.2, -0.15) is 0 Å². The van der Waals surface area contributed by atoms with E-state index in [2.05, 4.69) is 11.8 Å². The molecule has 1 aliphatic heterocycles. The maximum atomic E-state index is 7.04. The summed E-state index contributed by atoms with van der Waals surface area (Å²) in [6, 6.07) is 0. The number of nitrogens with zero attached hydrogens (tertiary/aromatic N) is 1. The SMILES string of the molecule is [CH2]C[C@H]1CCCN(C=N)C1. The maximum Gasteiger partial charge on any atom is 0.0817 e. The van der Waals surface area contributed by atoms with Crippen LogP contribution in [0.2, 0.25) is 0 Å². The van der Waals surface area contributed by atoms with Crippen LogP contribution in [0.3, 0.4) is 0 Å². The van der Waals surface area contributed by atoms with Crippen LogP contribution >= 0.6 is 0 Å². The molecule has 1 heterocycles. The molecule has 1 atom stereocenters. The molecule has 0 bridgehead atoms. The number of piperidine rings is 1. The van der Waals surface area contributed by atoms with Crippen LogP contribution in [0.25, 0.3) is 0 Å². The van der Waals surface area contributed by atoms with Gasteiger partial charge in [-0.3, -0.25) is 5.41 Å². The predicted molar refractivity (Wildman–Crippen MR) is 43.1 cm³/mol. The van der Waals surface area contributed by atoms with Crippen molar-refractivity contribution in [3.63, 3.8) is 0 Å². The fraction of sp³-hybridized carbons (Fsp3) is 0.750. The average Bonchev–Trinajstić information content (AvgIpc) is 2.05. The molecule has 0 saturated carbocycles. The minimum atomic E-state index is 0.732. The van der Waals surface area contributed by atoms with Crippen LogP contribution in [0.15, 0.2) is 0 Å². The summed E-state index contributed by atoms with van der Waals surface area (Å²) < 4.78 is 0. The van der Waals surface area contributed by atoms with E-state index in [0.29, 0.717) is 0 Å². The van der Waals surface area contributed by atoms with Crippen LogP contribution in [-0.4, -0.2) is 24.3 Å². The lowest BCUT2D eigenvalue weighted by Crippen LogP contribution is -2.33. The van der Waals surface area contributed by atoms with Crippen LogP contribution in [0.4, 0.5) is 0 Å². The highest BCUT2D eigenvalue weighted by Gasteiger charge is 2.15. The van der Waals surface area contributed by atoms with Gasteiger partial charge in [0.05, 0.1) is 6.34 Å². The molecule has 0 unspecified atom stereocenters. The standard InChI is InChI=1S/C8H15N2/c1-2-8-4-3-5-10(6-8)7-9/h7-9H,1-6H2/t8-/m0/s1. The average molecular weight is 139 g/mol. The topological polar surface area (TPSA) is 27.1 Å². The summed E-state index contributed by atoms with van der Waals surface area (Å²) in [5.74, 6) is 0.732. The van der Waals surface area contributed by atoms with Crippen molar-refractivity contribution in [1.82, 2.24) is 4.90 Å². The third-order valence-corrected chi connectivity index (χ3v) is 2.14. The summed E-state index contributed by atoms with van der Waals surface area (Å²) in [6.45, 7) is 5.99. The number of hydrogen-bond acceptors (Lipinski definition) is 1. The van der Waals surface area contributed by atoms with Gasteiger partial charge in [-0.1, -0.05) is 6.92 Å². The van der Waals surface area contributed by atoms with Crippen molar-refractivity contribution >= 4 is 6.34 Å². The second-order valence-electron chi connectivity index (χ2n) is 2.92. The van der Waals surface area contributed by atoms with Crippen molar-refractivity contribution in [2.24, 2.45) is 5.92 Å². The molecule has 0 spiro atoms. The fourth-order valence-electron chi connectivity index (χ4n) is 1.45. The highest BCUT2D eigenvalue weighted by molar-refractivity contribution is 5.50. The molecule has 0 aliphatic carbocycles. The third-order valence-electron chi connectivity index (χ3n) is 2.14. The van der Waals surface area contributed by atoms with E-state index in [9.17, 15) is 0 Å². The Bertz CT molecular complexity index is 112. The minimum absolute atomic E-state index is 0.732. The molecule has 57 valence electrons. The van der Waals surface area contributed by atoms with E-state index >= 15 is 0 Å². The number of nitrogens with one attached hydrogen (secondary N) is 1. The van der Waals surface area contributed by atoms with E-state index in [1.165, 1.54) is 19.2 Å². The van der Waals surface area contributed by atoms with E-state index in [-0.39, 0.29) is 0 Å². The Morgan fingerprint density at radius 3 is 3.10 bits per heavy atom. The van der Waals surface area contributed by atoms with Crippen LogP contribution in [0.5, 0.6) is 0 Å². The van der Waals surface area contributed by atoms with Crippen molar-refractivity contribution < 1.29 is 0 Å². The monoisotopic (exact) mass is 139 g/mol. The number of rotatable bonds is 2. The normalized spacial score (nSPS) is 26.5. The Balaban J connectivity index is 2.31. The zero-order valence-corrected chi connectivity index (χ0v) is 6.34. The van der Waals surface area contributed by atoms with Crippen LogP contribution in [0.1, 0.15) is 19.3 Å². The van der Waals surface area contributed by atoms with Gasteiger partial charge < -0.3 is 4.90 Å². The first-order valence-electron chi connectivity index (χ1n) is 3.90. The fourth-order valence-corrected chi connectivity index (χ4v) is 1.45. The highest BCUT2D eigenvalue weighted by atomic mass is 15.1. The van der Waals surface area contributed by atoms with Gasteiger partial charge in [0, 0.05) is 13.1 Å². The Hall–Kier alpha value is -0.530. The molecule has 1 rings (SSSR count). The molecular weight excluding hydrogens is 124 g/mol. The van der Waals surface area contributed by atoms with Gasteiger partial charge in [-0.25, -0.2) is 0 Å². The van der Waals surface area contributed by atoms with Crippen LogP contribution in [-0.2, 0) is 0 Å². The van der Waals surface area contributed by atoms with Gasteiger partial charge in [0.1, 0.15) is 0 Å². The van der Waals surface area contributed by atoms with Crippen molar-refractivity contribution in [2.45, 2.75) is 19.3 Å². The van der Waals surface area contributed by atoms with Crippen molar-refractivity contribution in [3.05, 3.63) is 6.92 Å². The molecule has 10 heavy (non-hydrogen) atoms. The largest absolute Gasteiger partial charge is 0.363 e. The summed E-state index contributed by atoms with van der Waals surface area (Å²) in [6.07, 6.45) is 5.00. The maximum absolute atomic E-state index is 7.04. The molecule has 1 radical (unpaired) electrons. The first-order valence-corrected chi connectivity index (χ1v) is 3.90. The summed E-state index contributed by atoms with van der Waals surface area (Å²) in [4.78, 5) is 2.07. The zero-order valence-electron chi connectivity index (χ0n) is 6.34. The van der Waals surface area contributed by atoms with E-state index in [1.54, 1.807) is 0 Å².